The third kappa shape index (κ3) is 4.10. The van der Waals surface area contributed by atoms with Gasteiger partial charge >= 0.3 is 0 Å². The molecule has 7 atom stereocenters. The van der Waals surface area contributed by atoms with Crippen molar-refractivity contribution in [2.45, 2.75) is 97.5 Å². The average molecular weight is 459 g/mol. The van der Waals surface area contributed by atoms with Crippen LogP contribution in [-0.4, -0.2) is 22.7 Å². The van der Waals surface area contributed by atoms with Gasteiger partial charge in [-0.1, -0.05) is 25.2 Å². The van der Waals surface area contributed by atoms with E-state index in [2.05, 4.69) is 70.7 Å². The summed E-state index contributed by atoms with van der Waals surface area (Å²) >= 11 is 0. The van der Waals surface area contributed by atoms with Gasteiger partial charge in [0.15, 0.2) is 0 Å². The summed E-state index contributed by atoms with van der Waals surface area (Å²) in [6.07, 6.45) is 13.5. The van der Waals surface area contributed by atoms with Gasteiger partial charge < -0.3 is 8.85 Å². The van der Waals surface area contributed by atoms with E-state index in [0.717, 1.165) is 23.7 Å². The summed E-state index contributed by atoms with van der Waals surface area (Å²) in [5, 5.41) is 0. The first-order valence-corrected chi connectivity index (χ1v) is 18.8. The number of hydrogen-bond donors (Lipinski definition) is 0. The van der Waals surface area contributed by atoms with Crippen LogP contribution in [0.15, 0.2) is 36.4 Å². The summed E-state index contributed by atoms with van der Waals surface area (Å²) in [6, 6.07) is 0. The van der Waals surface area contributed by atoms with Crippen molar-refractivity contribution in [1.82, 2.24) is 0 Å². The van der Waals surface area contributed by atoms with E-state index >= 15 is 0 Å². The van der Waals surface area contributed by atoms with Gasteiger partial charge in [-0.25, -0.2) is 0 Å². The molecular weight excluding hydrogens is 412 g/mol. The van der Waals surface area contributed by atoms with Gasteiger partial charge in [0.05, 0.1) is 5.76 Å². The zero-order valence-electron chi connectivity index (χ0n) is 21.0. The molecule has 4 aliphatic rings. The molecule has 0 radical (unpaired) electrons. The Labute approximate surface area is 193 Å². The van der Waals surface area contributed by atoms with E-state index in [9.17, 15) is 0 Å². The molecule has 0 heterocycles. The molecule has 0 spiro atoms. The van der Waals surface area contributed by atoms with Crippen LogP contribution in [0, 0.1) is 34.5 Å². The first kappa shape index (κ1) is 23.6. The Morgan fingerprint density at radius 1 is 0.935 bits per heavy atom. The fraction of sp³-hybridized carbons (Fsp3) is 0.778. The van der Waals surface area contributed by atoms with Gasteiger partial charge in [0.2, 0.25) is 8.32 Å². The minimum Gasteiger partial charge on any atom is -0.543 e. The maximum Gasteiger partial charge on any atom is 0.268 e. The molecule has 3 saturated carbocycles. The first-order valence-electron chi connectivity index (χ1n) is 12.8. The fourth-order valence-electron chi connectivity index (χ4n) is 7.81. The molecule has 0 saturated heterocycles. The monoisotopic (exact) mass is 458 g/mol. The lowest BCUT2D eigenvalue weighted by molar-refractivity contribution is -0.119. The molecule has 2 nitrogen and oxygen atoms in total. The average Bonchev–Trinajstić information content (AvgIpc) is 3.04. The molecule has 4 heteroatoms. The summed E-state index contributed by atoms with van der Waals surface area (Å²) < 4.78 is 13.3. The van der Waals surface area contributed by atoms with E-state index in [4.69, 9.17) is 8.85 Å². The van der Waals surface area contributed by atoms with E-state index in [1.165, 1.54) is 57.1 Å². The topological polar surface area (TPSA) is 18.5 Å². The van der Waals surface area contributed by atoms with Crippen LogP contribution in [-0.2, 0) is 8.85 Å². The summed E-state index contributed by atoms with van der Waals surface area (Å²) in [4.78, 5) is 0. The second kappa shape index (κ2) is 8.02. The van der Waals surface area contributed by atoms with Crippen molar-refractivity contribution < 1.29 is 8.85 Å². The van der Waals surface area contributed by atoms with Gasteiger partial charge in [-0.15, -0.1) is 13.2 Å². The molecule has 3 fully saturated rings. The maximum absolute atomic E-state index is 6.66. The summed E-state index contributed by atoms with van der Waals surface area (Å²) in [5.41, 5.74) is 4.93. The molecule has 31 heavy (non-hydrogen) atoms. The van der Waals surface area contributed by atoms with Gasteiger partial charge in [-0.2, -0.15) is 0 Å². The van der Waals surface area contributed by atoms with Crippen LogP contribution in [0.1, 0.15) is 65.2 Å². The smallest absolute Gasteiger partial charge is 0.268 e. The molecule has 0 bridgehead atoms. The van der Waals surface area contributed by atoms with E-state index in [0.29, 0.717) is 11.5 Å². The molecule has 0 aromatic heterocycles. The van der Waals surface area contributed by atoms with Gasteiger partial charge in [-0.05, 0) is 113 Å². The molecule has 3 unspecified atom stereocenters. The van der Waals surface area contributed by atoms with Crippen LogP contribution in [0.25, 0.3) is 0 Å². The van der Waals surface area contributed by atoms with Crippen molar-refractivity contribution in [3.63, 3.8) is 0 Å². The van der Waals surface area contributed by atoms with Gasteiger partial charge in [0.25, 0.3) is 8.32 Å². The summed E-state index contributed by atoms with van der Waals surface area (Å²) in [5.74, 6) is 4.67. The zero-order chi connectivity index (χ0) is 22.7. The highest BCUT2D eigenvalue weighted by Gasteiger charge is 2.59. The summed E-state index contributed by atoms with van der Waals surface area (Å²) in [7, 11) is -3.50. The highest BCUT2D eigenvalue weighted by Crippen LogP contribution is 2.66. The lowest BCUT2D eigenvalue weighted by atomic mass is 9.45. The third-order valence-electron chi connectivity index (χ3n) is 9.95. The van der Waals surface area contributed by atoms with Crippen molar-refractivity contribution >= 4 is 16.6 Å². The number of hydrogen-bond acceptors (Lipinski definition) is 2. The zero-order valence-corrected chi connectivity index (χ0v) is 23.0. The lowest BCUT2D eigenvalue weighted by Gasteiger charge is -2.61. The van der Waals surface area contributed by atoms with Gasteiger partial charge in [0.1, 0.15) is 0 Å². The molecule has 0 N–H and O–H groups in total. The van der Waals surface area contributed by atoms with Crippen molar-refractivity contribution in [3.8, 4) is 0 Å². The van der Waals surface area contributed by atoms with E-state index in [-0.39, 0.29) is 5.41 Å². The number of rotatable bonds is 6. The maximum atomic E-state index is 6.66. The highest BCUT2D eigenvalue weighted by atomic mass is 28.4. The van der Waals surface area contributed by atoms with Crippen LogP contribution in [0.5, 0.6) is 0 Å². The standard InChI is InChI=1S/C27H46O2Si2/c1-9-30(5,6)28-21-15-17-26(3)20(19-21)11-12-22-23-13-14-25(29-31(7,8)10-2)27(23,4)18-16-24(22)26/h9-10,14,20-24H,1-2,11-13,15-19H2,3-8H3/t20-,21+,22?,23?,24?,26-,27-/m0/s1. The van der Waals surface area contributed by atoms with Crippen molar-refractivity contribution in [2.75, 3.05) is 0 Å². The second-order valence-corrected chi connectivity index (χ2v) is 20.3. The molecular formula is C27H46O2Si2. The molecule has 174 valence electrons. The summed E-state index contributed by atoms with van der Waals surface area (Å²) in [6.45, 7) is 22.4. The number of allylic oxidation sites excluding steroid dienone is 2. The molecule has 4 rings (SSSR count). The van der Waals surface area contributed by atoms with Crippen LogP contribution in [0.3, 0.4) is 0 Å². The van der Waals surface area contributed by atoms with Crippen molar-refractivity contribution in [1.29, 1.82) is 0 Å². The molecule has 0 aromatic carbocycles. The van der Waals surface area contributed by atoms with Gasteiger partial charge in [-0.3, -0.25) is 0 Å². The lowest BCUT2D eigenvalue weighted by Crippen LogP contribution is -2.54. The Morgan fingerprint density at radius 2 is 1.65 bits per heavy atom. The van der Waals surface area contributed by atoms with Crippen molar-refractivity contribution in [2.24, 2.45) is 34.5 Å². The van der Waals surface area contributed by atoms with Crippen LogP contribution < -0.4 is 0 Å². The number of fused-ring (bicyclic) bond motifs is 5. The Balaban J connectivity index is 1.48. The predicted molar refractivity (Wildman–Crippen MR) is 137 cm³/mol. The largest absolute Gasteiger partial charge is 0.543 e. The Kier molecular flexibility index (Phi) is 6.10. The Bertz CT molecular complexity index is 756. The van der Waals surface area contributed by atoms with E-state index in [1.54, 1.807) is 0 Å². The normalized spacial score (nSPS) is 42.6. The molecule has 0 aromatic rings. The Hall–Kier alpha value is -0.586. The fourth-order valence-corrected chi connectivity index (χ4v) is 9.95. The van der Waals surface area contributed by atoms with Crippen molar-refractivity contribution in [3.05, 3.63) is 36.4 Å². The van der Waals surface area contributed by atoms with E-state index in [1.807, 2.05) is 0 Å². The quantitative estimate of drug-likeness (QED) is 0.378. The third-order valence-corrected chi connectivity index (χ3v) is 13.6. The SMILES string of the molecule is C=C[Si](C)(C)OC1=CCC2C3CC[C@H]4C[C@H](O[Si](C)(C)C=C)CC[C@]4(C)C3CC[C@]12C. The highest BCUT2D eigenvalue weighted by molar-refractivity contribution is 6.76. The molecule has 4 aliphatic carbocycles. The van der Waals surface area contributed by atoms with Crippen LogP contribution in [0.4, 0.5) is 0 Å². The molecule has 0 aliphatic heterocycles. The minimum atomic E-state index is -1.80. The van der Waals surface area contributed by atoms with Crippen LogP contribution >= 0.6 is 0 Å². The minimum absolute atomic E-state index is 0.248. The van der Waals surface area contributed by atoms with Gasteiger partial charge in [0, 0.05) is 11.5 Å². The predicted octanol–water partition coefficient (Wildman–Crippen LogP) is 7.79. The van der Waals surface area contributed by atoms with Crippen LogP contribution in [0.2, 0.25) is 26.2 Å². The van der Waals surface area contributed by atoms with E-state index < -0.39 is 16.6 Å². The second-order valence-electron chi connectivity index (χ2n) is 12.6. The first-order chi connectivity index (χ1) is 14.4. The molecule has 0 amide bonds. The Morgan fingerprint density at radius 3 is 2.32 bits per heavy atom.